The summed E-state index contributed by atoms with van der Waals surface area (Å²) in [6.45, 7) is 0.138. The Balaban J connectivity index is 1.68. The van der Waals surface area contributed by atoms with Gasteiger partial charge >= 0.3 is 0 Å². The zero-order valence-electron chi connectivity index (χ0n) is 11.3. The Kier molecular flexibility index (Phi) is 3.53. The quantitative estimate of drug-likeness (QED) is 0.590. The van der Waals surface area contributed by atoms with E-state index < -0.39 is 5.91 Å². The summed E-state index contributed by atoms with van der Waals surface area (Å²) >= 11 is 0. The predicted octanol–water partition coefficient (Wildman–Crippen LogP) is 1.59. The normalized spacial score (nSPS) is 12.5. The van der Waals surface area contributed by atoms with Crippen molar-refractivity contribution in [2.24, 2.45) is 5.10 Å². The summed E-state index contributed by atoms with van der Waals surface area (Å²) in [6, 6.07) is 8.86. The number of nitrogens with one attached hydrogen (secondary N) is 1. The number of phenolic OH excluding ortho intramolecular Hbond substituents is 2. The molecule has 112 valence electrons. The molecule has 0 atom stereocenters. The minimum absolute atomic E-state index is 0.0564. The number of carbonyl (C=O) groups is 1. The van der Waals surface area contributed by atoms with Crippen LogP contribution < -0.4 is 14.9 Å². The summed E-state index contributed by atoms with van der Waals surface area (Å²) in [5, 5.41) is 22.5. The average molecular weight is 300 g/mol. The van der Waals surface area contributed by atoms with Crippen LogP contribution >= 0.6 is 0 Å². The molecule has 3 rings (SSSR count). The highest BCUT2D eigenvalue weighted by Crippen LogP contribution is 2.32. The third-order valence-electron chi connectivity index (χ3n) is 3.02. The first-order valence-corrected chi connectivity index (χ1v) is 6.38. The molecule has 3 N–H and O–H groups in total. The third kappa shape index (κ3) is 2.78. The zero-order valence-corrected chi connectivity index (χ0v) is 11.3. The Morgan fingerprint density at radius 3 is 2.77 bits per heavy atom. The minimum Gasteiger partial charge on any atom is -0.508 e. The molecule has 1 aliphatic rings. The third-order valence-corrected chi connectivity index (χ3v) is 3.02. The fourth-order valence-corrected chi connectivity index (χ4v) is 1.90. The van der Waals surface area contributed by atoms with Crippen molar-refractivity contribution in [1.82, 2.24) is 5.43 Å². The largest absolute Gasteiger partial charge is 0.508 e. The van der Waals surface area contributed by atoms with E-state index in [1.807, 2.05) is 0 Å². The van der Waals surface area contributed by atoms with Crippen LogP contribution in [-0.2, 0) is 0 Å². The van der Waals surface area contributed by atoms with E-state index in [4.69, 9.17) is 9.47 Å². The molecule has 1 heterocycles. The van der Waals surface area contributed by atoms with Crippen molar-refractivity contribution in [3.8, 4) is 23.0 Å². The smallest absolute Gasteiger partial charge is 0.271 e. The molecule has 2 aromatic carbocycles. The summed E-state index contributed by atoms with van der Waals surface area (Å²) in [6.07, 6.45) is 1.28. The van der Waals surface area contributed by atoms with Crippen LogP contribution in [0.2, 0.25) is 0 Å². The molecule has 0 aromatic heterocycles. The molecule has 0 saturated carbocycles. The molecule has 7 nitrogen and oxygen atoms in total. The summed E-state index contributed by atoms with van der Waals surface area (Å²) < 4.78 is 10.4. The number of phenols is 2. The average Bonchev–Trinajstić information content (AvgIpc) is 2.96. The number of amides is 1. The number of aromatic hydroxyl groups is 2. The van der Waals surface area contributed by atoms with Crippen molar-refractivity contribution >= 4 is 12.1 Å². The van der Waals surface area contributed by atoms with Crippen LogP contribution in [0.4, 0.5) is 0 Å². The molecule has 22 heavy (non-hydrogen) atoms. The first-order chi connectivity index (χ1) is 10.6. The van der Waals surface area contributed by atoms with Gasteiger partial charge in [0.2, 0.25) is 6.79 Å². The Morgan fingerprint density at radius 1 is 1.14 bits per heavy atom. The van der Waals surface area contributed by atoms with E-state index >= 15 is 0 Å². The van der Waals surface area contributed by atoms with Gasteiger partial charge in [0.1, 0.15) is 11.5 Å². The van der Waals surface area contributed by atoms with Crippen LogP contribution in [0.3, 0.4) is 0 Å². The van der Waals surface area contributed by atoms with E-state index in [1.54, 1.807) is 18.2 Å². The van der Waals surface area contributed by atoms with Crippen LogP contribution in [0, 0.1) is 0 Å². The molecule has 0 aliphatic carbocycles. The molecule has 0 spiro atoms. The van der Waals surface area contributed by atoms with Gasteiger partial charge in [-0.2, -0.15) is 5.10 Å². The number of hydrogen-bond donors (Lipinski definition) is 3. The summed E-state index contributed by atoms with van der Waals surface area (Å²) in [7, 11) is 0. The topological polar surface area (TPSA) is 100 Å². The van der Waals surface area contributed by atoms with Gasteiger partial charge in [0.25, 0.3) is 5.91 Å². The Morgan fingerprint density at radius 2 is 1.95 bits per heavy atom. The van der Waals surface area contributed by atoms with E-state index in [1.165, 1.54) is 24.4 Å². The first-order valence-electron chi connectivity index (χ1n) is 6.38. The second-order valence-corrected chi connectivity index (χ2v) is 4.51. The van der Waals surface area contributed by atoms with Gasteiger partial charge in [-0.05, 0) is 30.3 Å². The second kappa shape index (κ2) is 5.65. The van der Waals surface area contributed by atoms with Crippen LogP contribution in [0.25, 0.3) is 0 Å². The predicted molar refractivity (Wildman–Crippen MR) is 77.4 cm³/mol. The molecule has 1 amide bonds. The van der Waals surface area contributed by atoms with Crippen molar-refractivity contribution in [2.45, 2.75) is 0 Å². The van der Waals surface area contributed by atoms with Crippen LogP contribution in [-0.4, -0.2) is 29.1 Å². The van der Waals surface area contributed by atoms with Crippen LogP contribution in [0.5, 0.6) is 23.0 Å². The van der Waals surface area contributed by atoms with E-state index in [9.17, 15) is 15.0 Å². The lowest BCUT2D eigenvalue weighted by Gasteiger charge is -2.02. The van der Waals surface area contributed by atoms with Gasteiger partial charge < -0.3 is 19.7 Å². The molecule has 0 saturated heterocycles. The van der Waals surface area contributed by atoms with Crippen molar-refractivity contribution < 1.29 is 24.5 Å². The Labute approximate surface area is 125 Å². The lowest BCUT2D eigenvalue weighted by Crippen LogP contribution is -2.17. The molecule has 1 aliphatic heterocycles. The van der Waals surface area contributed by atoms with Gasteiger partial charge in [-0.25, -0.2) is 5.43 Å². The fourth-order valence-electron chi connectivity index (χ4n) is 1.90. The van der Waals surface area contributed by atoms with Crippen molar-refractivity contribution in [3.05, 3.63) is 47.5 Å². The number of rotatable bonds is 3. The van der Waals surface area contributed by atoms with Crippen molar-refractivity contribution in [1.29, 1.82) is 0 Å². The highest BCUT2D eigenvalue weighted by molar-refractivity contribution is 5.95. The van der Waals surface area contributed by atoms with Gasteiger partial charge in [-0.1, -0.05) is 0 Å². The number of hydrazone groups is 1. The Hall–Kier alpha value is -3.22. The number of carbonyl (C=O) groups excluding carboxylic acids is 1. The lowest BCUT2D eigenvalue weighted by atomic mass is 10.2. The molecule has 0 radical (unpaired) electrons. The summed E-state index contributed by atoms with van der Waals surface area (Å²) in [5.41, 5.74) is 3.08. The molecule has 0 unspecified atom stereocenters. The van der Waals surface area contributed by atoms with Gasteiger partial charge in [-0.3, -0.25) is 4.79 Å². The maximum absolute atomic E-state index is 12.0. The lowest BCUT2D eigenvalue weighted by molar-refractivity contribution is 0.0954. The number of ether oxygens (including phenoxy) is 2. The molecule has 2 aromatic rings. The molecule has 7 heteroatoms. The highest BCUT2D eigenvalue weighted by atomic mass is 16.7. The number of benzene rings is 2. The summed E-state index contributed by atoms with van der Waals surface area (Å²) in [4.78, 5) is 12.0. The fraction of sp³-hybridized carbons (Fsp3) is 0.0667. The first kappa shape index (κ1) is 13.7. The summed E-state index contributed by atoms with van der Waals surface area (Å²) in [5.74, 6) is 0.481. The number of nitrogens with zero attached hydrogens (tertiary/aromatic N) is 1. The number of fused-ring (bicyclic) bond motifs is 1. The van der Waals surface area contributed by atoms with Crippen molar-refractivity contribution in [3.63, 3.8) is 0 Å². The van der Waals surface area contributed by atoms with Gasteiger partial charge in [0, 0.05) is 17.2 Å². The molecular formula is C15H12N2O5. The maximum Gasteiger partial charge on any atom is 0.271 e. The van der Waals surface area contributed by atoms with Gasteiger partial charge in [0.15, 0.2) is 11.5 Å². The monoisotopic (exact) mass is 300 g/mol. The number of hydrogen-bond acceptors (Lipinski definition) is 6. The zero-order chi connectivity index (χ0) is 15.5. The van der Waals surface area contributed by atoms with Gasteiger partial charge in [-0.15, -0.1) is 0 Å². The minimum atomic E-state index is -0.423. The van der Waals surface area contributed by atoms with Crippen LogP contribution in [0.15, 0.2) is 41.5 Å². The van der Waals surface area contributed by atoms with Gasteiger partial charge in [0.05, 0.1) is 6.21 Å². The van der Waals surface area contributed by atoms with Crippen LogP contribution in [0.1, 0.15) is 15.9 Å². The van der Waals surface area contributed by atoms with E-state index in [0.29, 0.717) is 22.6 Å². The van der Waals surface area contributed by atoms with E-state index in [2.05, 4.69) is 10.5 Å². The second-order valence-electron chi connectivity index (χ2n) is 4.51. The molecule has 0 fully saturated rings. The SMILES string of the molecule is O=C(NN=Cc1ccc(O)cc1O)c1ccc2c(c1)OCO2. The Bertz CT molecular complexity index is 758. The van der Waals surface area contributed by atoms with E-state index in [0.717, 1.165) is 0 Å². The van der Waals surface area contributed by atoms with E-state index in [-0.39, 0.29) is 18.3 Å². The maximum atomic E-state index is 12.0. The standard InChI is InChI=1S/C15H12N2O5/c18-11-3-1-10(12(19)6-11)7-16-17-15(20)9-2-4-13-14(5-9)22-8-21-13/h1-7,18-19H,8H2,(H,17,20). The van der Waals surface area contributed by atoms with Crippen molar-refractivity contribution in [2.75, 3.05) is 6.79 Å². The highest BCUT2D eigenvalue weighted by Gasteiger charge is 2.15. The molecular weight excluding hydrogens is 288 g/mol. The molecule has 0 bridgehead atoms.